The van der Waals surface area contributed by atoms with Crippen molar-refractivity contribution in [1.29, 1.82) is 0 Å². The highest BCUT2D eigenvalue weighted by Crippen LogP contribution is 2.26. The van der Waals surface area contributed by atoms with Gasteiger partial charge in [-0.3, -0.25) is 0 Å². The molecule has 0 saturated carbocycles. The van der Waals surface area contributed by atoms with E-state index in [1.54, 1.807) is 0 Å². The number of hydrogen-bond donors (Lipinski definition) is 2. The van der Waals surface area contributed by atoms with Crippen LogP contribution in [-0.4, -0.2) is 47.8 Å². The van der Waals surface area contributed by atoms with Crippen LogP contribution in [0.3, 0.4) is 0 Å². The van der Waals surface area contributed by atoms with Crippen LogP contribution in [0.15, 0.2) is 6.07 Å². The Morgan fingerprint density at radius 3 is 2.04 bits per heavy atom. The van der Waals surface area contributed by atoms with Gasteiger partial charge < -0.3 is 20.4 Å². The number of thiocarbonyl (C=S) groups is 1. The summed E-state index contributed by atoms with van der Waals surface area (Å²) in [6, 6.07) is 2.14. The van der Waals surface area contributed by atoms with E-state index in [9.17, 15) is 0 Å². The Kier molecular flexibility index (Phi) is 5.48. The second-order valence-corrected chi connectivity index (χ2v) is 6.54. The zero-order chi connectivity index (χ0) is 16.1. The lowest BCUT2D eigenvalue weighted by Gasteiger charge is -2.29. The molecule has 0 atom stereocenters. The van der Waals surface area contributed by atoms with E-state index < -0.39 is 0 Å². The standard InChI is InChI=1S/C16H26N6S/c1-2-17-16(23)20-15-18-13(21-8-4-3-5-9-21)12-14(19-15)22-10-6-7-11-22/h12H,2-11H2,1H3,(H2,17,18,19,20,23). The molecule has 2 N–H and O–H groups in total. The highest BCUT2D eigenvalue weighted by molar-refractivity contribution is 7.80. The molecule has 0 aliphatic carbocycles. The van der Waals surface area contributed by atoms with E-state index in [1.807, 2.05) is 6.92 Å². The molecule has 3 rings (SSSR count). The number of piperidine rings is 1. The molecule has 2 saturated heterocycles. The molecule has 7 heteroatoms. The van der Waals surface area contributed by atoms with Gasteiger partial charge in [-0.25, -0.2) is 0 Å². The zero-order valence-electron chi connectivity index (χ0n) is 13.8. The van der Waals surface area contributed by atoms with Gasteiger partial charge in [0.05, 0.1) is 0 Å². The molecule has 0 radical (unpaired) electrons. The third-order valence-corrected chi connectivity index (χ3v) is 4.62. The third kappa shape index (κ3) is 4.22. The van der Waals surface area contributed by atoms with Crippen LogP contribution < -0.4 is 20.4 Å². The summed E-state index contributed by atoms with van der Waals surface area (Å²) in [7, 11) is 0. The molecule has 0 unspecified atom stereocenters. The van der Waals surface area contributed by atoms with Crippen molar-refractivity contribution in [2.24, 2.45) is 0 Å². The molecule has 6 nitrogen and oxygen atoms in total. The van der Waals surface area contributed by atoms with Crippen molar-refractivity contribution in [3.63, 3.8) is 0 Å². The van der Waals surface area contributed by atoms with E-state index in [0.717, 1.165) is 44.4 Å². The van der Waals surface area contributed by atoms with Gasteiger partial charge in [-0.05, 0) is 51.2 Å². The lowest BCUT2D eigenvalue weighted by molar-refractivity contribution is 0.573. The number of aromatic nitrogens is 2. The van der Waals surface area contributed by atoms with Crippen LogP contribution in [0.4, 0.5) is 17.6 Å². The molecule has 126 valence electrons. The van der Waals surface area contributed by atoms with Gasteiger partial charge in [-0.1, -0.05) is 0 Å². The van der Waals surface area contributed by atoms with Crippen LogP contribution in [0.2, 0.25) is 0 Å². The van der Waals surface area contributed by atoms with Crippen LogP contribution in [0.1, 0.15) is 39.0 Å². The first kappa shape index (κ1) is 16.2. The van der Waals surface area contributed by atoms with Gasteiger partial charge in [0.1, 0.15) is 11.6 Å². The Balaban J connectivity index is 1.84. The van der Waals surface area contributed by atoms with Gasteiger partial charge >= 0.3 is 0 Å². The molecular formula is C16H26N6S. The largest absolute Gasteiger partial charge is 0.363 e. The van der Waals surface area contributed by atoms with Gasteiger partial charge in [-0.2, -0.15) is 9.97 Å². The predicted molar refractivity (Wildman–Crippen MR) is 99.4 cm³/mol. The smallest absolute Gasteiger partial charge is 0.232 e. The molecule has 23 heavy (non-hydrogen) atoms. The summed E-state index contributed by atoms with van der Waals surface area (Å²) in [6.45, 7) is 7.12. The zero-order valence-corrected chi connectivity index (χ0v) is 14.7. The van der Waals surface area contributed by atoms with Crippen molar-refractivity contribution < 1.29 is 0 Å². The van der Waals surface area contributed by atoms with Crippen molar-refractivity contribution in [3.8, 4) is 0 Å². The Hall–Kier alpha value is -1.63. The minimum atomic E-state index is 0.579. The third-order valence-electron chi connectivity index (χ3n) is 4.37. The maximum absolute atomic E-state index is 5.28. The average Bonchev–Trinajstić information content (AvgIpc) is 3.10. The normalized spacial score (nSPS) is 18.1. The van der Waals surface area contributed by atoms with Gasteiger partial charge in [0.2, 0.25) is 5.95 Å². The quantitative estimate of drug-likeness (QED) is 0.820. The molecule has 2 aliphatic heterocycles. The Morgan fingerprint density at radius 2 is 1.52 bits per heavy atom. The van der Waals surface area contributed by atoms with Crippen molar-refractivity contribution in [3.05, 3.63) is 6.07 Å². The van der Waals surface area contributed by atoms with E-state index in [0.29, 0.717) is 11.1 Å². The summed E-state index contributed by atoms with van der Waals surface area (Å²) in [6.07, 6.45) is 6.27. The summed E-state index contributed by atoms with van der Waals surface area (Å²) in [4.78, 5) is 14.1. The van der Waals surface area contributed by atoms with Gasteiger partial charge in [0.25, 0.3) is 0 Å². The number of rotatable bonds is 4. The van der Waals surface area contributed by atoms with Gasteiger partial charge in [0, 0.05) is 38.8 Å². The first-order valence-corrected chi connectivity index (χ1v) is 9.11. The Bertz CT molecular complexity index is 537. The van der Waals surface area contributed by atoms with Gasteiger partial charge in [0.15, 0.2) is 5.11 Å². The van der Waals surface area contributed by atoms with E-state index in [4.69, 9.17) is 17.2 Å². The first-order valence-electron chi connectivity index (χ1n) is 8.70. The number of hydrogen-bond acceptors (Lipinski definition) is 5. The topological polar surface area (TPSA) is 56.3 Å². The van der Waals surface area contributed by atoms with Crippen LogP contribution in [0.25, 0.3) is 0 Å². The fourth-order valence-electron chi connectivity index (χ4n) is 3.18. The minimum Gasteiger partial charge on any atom is -0.363 e. The molecule has 0 spiro atoms. The lowest BCUT2D eigenvalue weighted by Crippen LogP contribution is -2.32. The van der Waals surface area contributed by atoms with E-state index in [2.05, 4.69) is 31.5 Å². The molecule has 2 aliphatic rings. The van der Waals surface area contributed by atoms with Crippen LogP contribution in [0, 0.1) is 0 Å². The fourth-order valence-corrected chi connectivity index (χ4v) is 3.41. The second kappa shape index (κ2) is 7.77. The minimum absolute atomic E-state index is 0.579. The van der Waals surface area contributed by atoms with Crippen LogP contribution in [-0.2, 0) is 0 Å². The Morgan fingerprint density at radius 1 is 1.00 bits per heavy atom. The van der Waals surface area contributed by atoms with Crippen molar-refractivity contribution >= 4 is 34.9 Å². The molecule has 0 aromatic carbocycles. The number of anilines is 3. The van der Waals surface area contributed by atoms with E-state index >= 15 is 0 Å². The summed E-state index contributed by atoms with van der Waals surface area (Å²) in [5.74, 6) is 2.63. The first-order chi connectivity index (χ1) is 11.3. The molecule has 2 fully saturated rings. The monoisotopic (exact) mass is 334 g/mol. The van der Waals surface area contributed by atoms with Crippen molar-refractivity contribution in [1.82, 2.24) is 15.3 Å². The average molecular weight is 334 g/mol. The van der Waals surface area contributed by atoms with Gasteiger partial charge in [-0.15, -0.1) is 0 Å². The number of nitrogens with zero attached hydrogens (tertiary/aromatic N) is 4. The molecule has 1 aromatic rings. The summed E-state index contributed by atoms with van der Waals surface area (Å²) in [5.41, 5.74) is 0. The number of nitrogens with one attached hydrogen (secondary N) is 2. The Labute approximate surface area is 143 Å². The fraction of sp³-hybridized carbons (Fsp3) is 0.688. The maximum Gasteiger partial charge on any atom is 0.232 e. The highest BCUT2D eigenvalue weighted by Gasteiger charge is 2.19. The summed E-state index contributed by atoms with van der Waals surface area (Å²) >= 11 is 5.28. The molecule has 1 aromatic heterocycles. The van der Waals surface area contributed by atoms with Crippen LogP contribution >= 0.6 is 12.2 Å². The highest BCUT2D eigenvalue weighted by atomic mass is 32.1. The van der Waals surface area contributed by atoms with Crippen molar-refractivity contribution in [2.45, 2.75) is 39.0 Å². The summed E-state index contributed by atoms with van der Waals surface area (Å²) < 4.78 is 0. The second-order valence-electron chi connectivity index (χ2n) is 6.13. The van der Waals surface area contributed by atoms with Crippen molar-refractivity contribution in [2.75, 3.05) is 47.8 Å². The molecular weight excluding hydrogens is 308 g/mol. The van der Waals surface area contributed by atoms with E-state index in [-0.39, 0.29) is 0 Å². The predicted octanol–water partition coefficient (Wildman–Crippen LogP) is 2.37. The lowest BCUT2D eigenvalue weighted by atomic mass is 10.1. The maximum atomic E-state index is 5.28. The molecule has 0 amide bonds. The summed E-state index contributed by atoms with van der Waals surface area (Å²) in [5, 5.41) is 6.81. The SMILES string of the molecule is CCNC(=S)Nc1nc(N2CCCCC2)cc(N2CCCC2)n1. The van der Waals surface area contributed by atoms with Crippen LogP contribution in [0.5, 0.6) is 0 Å². The molecule has 0 bridgehead atoms. The van der Waals surface area contributed by atoms with E-state index in [1.165, 1.54) is 32.1 Å². The molecule has 3 heterocycles.